The summed E-state index contributed by atoms with van der Waals surface area (Å²) < 4.78 is 23.5. The fraction of sp³-hybridized carbons (Fsp3) is 0.267. The van der Waals surface area contributed by atoms with Crippen LogP contribution in [0.4, 0.5) is 0 Å². The summed E-state index contributed by atoms with van der Waals surface area (Å²) in [6.07, 6.45) is 2.82. The monoisotopic (exact) mass is 336 g/mol. The molecule has 1 aromatic carbocycles. The Bertz CT molecular complexity index is 781. The summed E-state index contributed by atoms with van der Waals surface area (Å²) in [5.74, 6) is -0.0612. The number of nitrogens with one attached hydrogen (secondary N) is 1. The SMILES string of the molecule is CNCCN(C)C(=O)c1ccc(-c2ccn(S(N)(=O)=O)c2)cc1. The van der Waals surface area contributed by atoms with Crippen molar-refractivity contribution < 1.29 is 13.2 Å². The molecule has 0 bridgehead atoms. The third kappa shape index (κ3) is 4.19. The maximum absolute atomic E-state index is 12.2. The van der Waals surface area contributed by atoms with Gasteiger partial charge in [0.1, 0.15) is 0 Å². The average Bonchev–Trinajstić information content (AvgIpc) is 3.02. The number of amides is 1. The topological polar surface area (TPSA) is 97.4 Å². The highest BCUT2D eigenvalue weighted by Gasteiger charge is 2.12. The molecule has 1 heterocycles. The highest BCUT2D eigenvalue weighted by Crippen LogP contribution is 2.21. The van der Waals surface area contributed by atoms with E-state index in [2.05, 4.69) is 5.32 Å². The summed E-state index contributed by atoms with van der Waals surface area (Å²) >= 11 is 0. The smallest absolute Gasteiger partial charge is 0.302 e. The van der Waals surface area contributed by atoms with Gasteiger partial charge in [-0.2, -0.15) is 8.42 Å². The quantitative estimate of drug-likeness (QED) is 0.802. The zero-order valence-corrected chi connectivity index (χ0v) is 13.9. The lowest BCUT2D eigenvalue weighted by Crippen LogP contribution is -2.32. The van der Waals surface area contributed by atoms with E-state index in [4.69, 9.17) is 5.14 Å². The van der Waals surface area contributed by atoms with Crippen LogP contribution in [0.1, 0.15) is 10.4 Å². The predicted octanol–water partition coefficient (Wildman–Crippen LogP) is 0.498. The Morgan fingerprint density at radius 1 is 1.22 bits per heavy atom. The van der Waals surface area contributed by atoms with Gasteiger partial charge < -0.3 is 10.2 Å². The molecule has 0 aliphatic rings. The molecule has 0 radical (unpaired) electrons. The number of likely N-dealkylation sites (N-methyl/N-ethyl adjacent to an activating group) is 2. The minimum absolute atomic E-state index is 0.0612. The standard InChI is InChI=1S/C15H20N4O3S/c1-17-8-10-18(2)15(20)13-5-3-12(4-6-13)14-7-9-19(11-14)23(16,21)22/h3-7,9,11,17H,8,10H2,1-2H3,(H2,16,21,22). The van der Waals surface area contributed by atoms with Gasteiger partial charge in [0.25, 0.3) is 5.91 Å². The second-order valence-electron chi connectivity index (χ2n) is 5.18. The number of hydrogen-bond acceptors (Lipinski definition) is 4. The normalized spacial score (nSPS) is 11.4. The van der Waals surface area contributed by atoms with Crippen molar-refractivity contribution in [3.63, 3.8) is 0 Å². The summed E-state index contributed by atoms with van der Waals surface area (Å²) in [5.41, 5.74) is 2.10. The van der Waals surface area contributed by atoms with Crippen molar-refractivity contribution in [3.05, 3.63) is 48.3 Å². The van der Waals surface area contributed by atoms with Crippen LogP contribution in [0, 0.1) is 0 Å². The number of carbonyl (C=O) groups is 1. The van der Waals surface area contributed by atoms with Crippen LogP contribution in [0.2, 0.25) is 0 Å². The van der Waals surface area contributed by atoms with Crippen LogP contribution in [0.5, 0.6) is 0 Å². The first-order valence-electron chi connectivity index (χ1n) is 7.04. The zero-order valence-electron chi connectivity index (χ0n) is 13.1. The zero-order chi connectivity index (χ0) is 17.0. The molecule has 8 heteroatoms. The minimum atomic E-state index is -3.78. The number of benzene rings is 1. The number of nitrogens with two attached hydrogens (primary N) is 1. The first-order valence-corrected chi connectivity index (χ1v) is 8.55. The predicted molar refractivity (Wildman–Crippen MR) is 89.3 cm³/mol. The third-order valence-electron chi connectivity index (χ3n) is 3.47. The maximum Gasteiger partial charge on any atom is 0.302 e. The van der Waals surface area contributed by atoms with Crippen LogP contribution in [0.3, 0.4) is 0 Å². The molecule has 2 aromatic rings. The molecule has 0 atom stereocenters. The molecule has 7 nitrogen and oxygen atoms in total. The fourth-order valence-corrected chi connectivity index (χ4v) is 2.60. The van der Waals surface area contributed by atoms with E-state index in [0.717, 1.165) is 16.1 Å². The molecule has 2 rings (SSSR count). The molecular formula is C15H20N4O3S. The molecule has 1 amide bonds. The highest BCUT2D eigenvalue weighted by molar-refractivity contribution is 7.87. The van der Waals surface area contributed by atoms with E-state index in [1.165, 1.54) is 12.4 Å². The van der Waals surface area contributed by atoms with Crippen molar-refractivity contribution in [2.75, 3.05) is 27.2 Å². The largest absolute Gasteiger partial charge is 0.340 e. The van der Waals surface area contributed by atoms with Gasteiger partial charge in [0.15, 0.2) is 0 Å². The van der Waals surface area contributed by atoms with Crippen molar-refractivity contribution in [2.45, 2.75) is 0 Å². The minimum Gasteiger partial charge on any atom is -0.340 e. The van der Waals surface area contributed by atoms with Crippen LogP contribution in [-0.4, -0.2) is 50.4 Å². The molecule has 0 unspecified atom stereocenters. The van der Waals surface area contributed by atoms with Gasteiger partial charge in [-0.15, -0.1) is 0 Å². The lowest BCUT2D eigenvalue weighted by molar-refractivity contribution is 0.0797. The highest BCUT2D eigenvalue weighted by atomic mass is 32.2. The third-order valence-corrected chi connectivity index (χ3v) is 4.29. The van der Waals surface area contributed by atoms with Crippen LogP contribution >= 0.6 is 0 Å². The van der Waals surface area contributed by atoms with Crippen LogP contribution in [0.15, 0.2) is 42.7 Å². The number of carbonyl (C=O) groups excluding carboxylic acids is 1. The van der Waals surface area contributed by atoms with E-state index in [-0.39, 0.29) is 5.91 Å². The summed E-state index contributed by atoms with van der Waals surface area (Å²) in [6.45, 7) is 1.34. The van der Waals surface area contributed by atoms with Crippen LogP contribution in [0.25, 0.3) is 11.1 Å². The number of rotatable bonds is 6. The van der Waals surface area contributed by atoms with E-state index in [9.17, 15) is 13.2 Å². The molecule has 0 aliphatic heterocycles. The molecule has 0 spiro atoms. The molecule has 124 valence electrons. The summed E-state index contributed by atoms with van der Waals surface area (Å²) in [4.78, 5) is 13.9. The van der Waals surface area contributed by atoms with Crippen LogP contribution in [-0.2, 0) is 10.2 Å². The number of aromatic nitrogens is 1. The van der Waals surface area contributed by atoms with Gasteiger partial charge in [0.2, 0.25) is 0 Å². The Balaban J connectivity index is 2.16. The Hall–Kier alpha value is -2.16. The van der Waals surface area contributed by atoms with Crippen molar-refractivity contribution in [3.8, 4) is 11.1 Å². The first kappa shape index (κ1) is 17.2. The van der Waals surface area contributed by atoms with E-state index < -0.39 is 10.2 Å². The molecule has 1 aromatic heterocycles. The van der Waals surface area contributed by atoms with Gasteiger partial charge in [-0.1, -0.05) is 12.1 Å². The molecule has 0 aliphatic carbocycles. The van der Waals surface area contributed by atoms with Crippen molar-refractivity contribution in [2.24, 2.45) is 5.14 Å². The van der Waals surface area contributed by atoms with Gasteiger partial charge in [-0.3, -0.25) is 4.79 Å². The molecule has 3 N–H and O–H groups in total. The van der Waals surface area contributed by atoms with E-state index in [1.54, 1.807) is 42.3 Å². The first-order chi connectivity index (χ1) is 10.8. The van der Waals surface area contributed by atoms with E-state index in [1.807, 2.05) is 7.05 Å². The van der Waals surface area contributed by atoms with Crippen molar-refractivity contribution in [1.82, 2.24) is 14.2 Å². The Labute approximate surface area is 135 Å². The Morgan fingerprint density at radius 2 is 1.87 bits per heavy atom. The van der Waals surface area contributed by atoms with Crippen LogP contribution < -0.4 is 10.5 Å². The molecular weight excluding hydrogens is 316 g/mol. The van der Waals surface area contributed by atoms with Gasteiger partial charge in [-0.05, 0) is 30.8 Å². The van der Waals surface area contributed by atoms with Gasteiger partial charge in [0.05, 0.1) is 0 Å². The van der Waals surface area contributed by atoms with Gasteiger partial charge in [-0.25, -0.2) is 9.11 Å². The lowest BCUT2D eigenvalue weighted by atomic mass is 10.1. The number of nitrogens with zero attached hydrogens (tertiary/aromatic N) is 2. The number of hydrogen-bond donors (Lipinski definition) is 2. The van der Waals surface area contributed by atoms with Gasteiger partial charge >= 0.3 is 10.2 Å². The lowest BCUT2D eigenvalue weighted by Gasteiger charge is -2.17. The summed E-state index contributed by atoms with van der Waals surface area (Å²) in [5, 5.41) is 8.06. The second-order valence-corrected chi connectivity index (χ2v) is 6.63. The van der Waals surface area contributed by atoms with E-state index >= 15 is 0 Å². The Kier molecular flexibility index (Phi) is 5.19. The maximum atomic E-state index is 12.2. The fourth-order valence-electron chi connectivity index (χ4n) is 2.11. The van der Waals surface area contributed by atoms with Crippen molar-refractivity contribution in [1.29, 1.82) is 0 Å². The second kappa shape index (κ2) is 6.95. The average molecular weight is 336 g/mol. The van der Waals surface area contributed by atoms with E-state index in [0.29, 0.717) is 17.7 Å². The molecule has 0 fully saturated rings. The molecule has 0 saturated carbocycles. The summed E-state index contributed by atoms with van der Waals surface area (Å²) in [6, 6.07) is 8.66. The summed E-state index contributed by atoms with van der Waals surface area (Å²) in [7, 11) is -0.198. The molecule has 0 saturated heterocycles. The van der Waals surface area contributed by atoms with Crippen molar-refractivity contribution >= 4 is 16.1 Å². The Morgan fingerprint density at radius 3 is 2.39 bits per heavy atom. The molecule has 23 heavy (non-hydrogen) atoms. The van der Waals surface area contributed by atoms with Gasteiger partial charge in [0, 0.05) is 43.7 Å².